The molecule has 0 aliphatic heterocycles. The molecule has 3 rings (SSSR count). The van der Waals surface area contributed by atoms with E-state index in [1.54, 1.807) is 11.3 Å². The molecule has 0 aliphatic carbocycles. The molecule has 0 saturated heterocycles. The van der Waals surface area contributed by atoms with Crippen molar-refractivity contribution in [3.63, 3.8) is 0 Å². The first-order chi connectivity index (χ1) is 14.4. The molecule has 30 heavy (non-hydrogen) atoms. The number of rotatable bonds is 9. The largest absolute Gasteiger partial charge is 0.302 e. The lowest BCUT2D eigenvalue weighted by molar-refractivity contribution is -0.116. The summed E-state index contributed by atoms with van der Waals surface area (Å²) < 4.78 is 1.16. The van der Waals surface area contributed by atoms with Crippen molar-refractivity contribution in [2.24, 2.45) is 0 Å². The van der Waals surface area contributed by atoms with E-state index in [1.807, 2.05) is 29.2 Å². The number of likely N-dealkylation sites (N-methyl/N-ethyl adjacent to an activating group) is 1. The lowest BCUT2D eigenvalue weighted by atomic mass is 10.1. The van der Waals surface area contributed by atoms with Crippen LogP contribution in [0.1, 0.15) is 25.0 Å². The zero-order valence-corrected chi connectivity index (χ0v) is 20.3. The van der Waals surface area contributed by atoms with Gasteiger partial charge in [0.1, 0.15) is 0 Å². The van der Waals surface area contributed by atoms with E-state index in [0.29, 0.717) is 17.3 Å². The fourth-order valence-electron chi connectivity index (χ4n) is 3.23. The number of thioether (sulfide) groups is 1. The van der Waals surface area contributed by atoms with E-state index in [0.717, 1.165) is 45.4 Å². The molecular formula is C23H28ClN3OS2. The molecule has 0 unspecified atom stereocenters. The number of carbonyl (C=O) groups excluding carboxylic acids is 1. The summed E-state index contributed by atoms with van der Waals surface area (Å²) in [6.45, 7) is 11.9. The quantitative estimate of drug-likeness (QED) is 0.364. The van der Waals surface area contributed by atoms with Gasteiger partial charge in [0, 0.05) is 23.0 Å². The van der Waals surface area contributed by atoms with Crippen LogP contribution in [0.25, 0.3) is 10.2 Å². The summed E-state index contributed by atoms with van der Waals surface area (Å²) in [5.74, 6) is 0.449. The summed E-state index contributed by atoms with van der Waals surface area (Å²) in [5, 5.41) is 1.49. The Hall–Kier alpha value is -1.60. The molecule has 1 amide bonds. The minimum Gasteiger partial charge on any atom is -0.302 e. The van der Waals surface area contributed by atoms with Crippen LogP contribution in [0.2, 0.25) is 5.02 Å². The number of carbonyl (C=O) groups is 1. The predicted octanol–water partition coefficient (Wildman–Crippen LogP) is 6.03. The first-order valence-electron chi connectivity index (χ1n) is 10.2. The SMILES string of the molecule is CCN(CC)CCN(C(=O)CSc1ccc(Cl)cc1)c1nc2c(C)ccc(C)c2s1. The third-order valence-electron chi connectivity index (χ3n) is 5.17. The maximum atomic E-state index is 13.2. The van der Waals surface area contributed by atoms with E-state index in [-0.39, 0.29) is 5.91 Å². The van der Waals surface area contributed by atoms with Gasteiger partial charge in [0.25, 0.3) is 0 Å². The summed E-state index contributed by atoms with van der Waals surface area (Å²) in [7, 11) is 0. The second kappa shape index (κ2) is 10.6. The topological polar surface area (TPSA) is 36.4 Å². The van der Waals surface area contributed by atoms with Crippen LogP contribution in [0, 0.1) is 13.8 Å². The summed E-state index contributed by atoms with van der Waals surface area (Å²) in [5.41, 5.74) is 3.34. The Bertz CT molecular complexity index is 961. The van der Waals surface area contributed by atoms with Gasteiger partial charge in [0.2, 0.25) is 5.91 Å². The standard InChI is InChI=1S/C23H28ClN3OS2/c1-5-26(6-2)13-14-27(20(28)15-29-19-11-9-18(24)10-12-19)23-25-21-16(3)7-8-17(4)22(21)30-23/h7-12H,5-6,13-15H2,1-4H3. The van der Waals surface area contributed by atoms with E-state index in [1.165, 1.54) is 17.3 Å². The van der Waals surface area contributed by atoms with E-state index in [2.05, 4.69) is 44.7 Å². The summed E-state index contributed by atoms with van der Waals surface area (Å²) in [4.78, 5) is 23.3. The Morgan fingerprint density at radius 1 is 1.03 bits per heavy atom. The third-order valence-corrected chi connectivity index (χ3v) is 7.64. The van der Waals surface area contributed by atoms with Crippen molar-refractivity contribution < 1.29 is 4.79 Å². The number of aromatic nitrogens is 1. The van der Waals surface area contributed by atoms with Crippen molar-refractivity contribution in [3.8, 4) is 0 Å². The summed E-state index contributed by atoms with van der Waals surface area (Å²) in [6, 6.07) is 11.8. The van der Waals surface area contributed by atoms with E-state index in [9.17, 15) is 4.79 Å². The molecular weight excluding hydrogens is 434 g/mol. The number of hydrogen-bond acceptors (Lipinski definition) is 5. The highest BCUT2D eigenvalue weighted by molar-refractivity contribution is 8.00. The third kappa shape index (κ3) is 5.55. The van der Waals surface area contributed by atoms with Crippen molar-refractivity contribution >= 4 is 56.0 Å². The predicted molar refractivity (Wildman–Crippen MR) is 131 cm³/mol. The molecule has 0 fully saturated rings. The summed E-state index contributed by atoms with van der Waals surface area (Å²) >= 11 is 9.12. The zero-order chi connectivity index (χ0) is 21.7. The van der Waals surface area contributed by atoms with Crippen molar-refractivity contribution in [2.75, 3.05) is 36.8 Å². The molecule has 1 heterocycles. The van der Waals surface area contributed by atoms with Gasteiger partial charge in [-0.15, -0.1) is 11.8 Å². The fraction of sp³-hybridized carbons (Fsp3) is 0.391. The number of halogens is 1. The highest BCUT2D eigenvalue weighted by Gasteiger charge is 2.21. The lowest BCUT2D eigenvalue weighted by Crippen LogP contribution is -2.39. The molecule has 160 valence electrons. The Kier molecular flexibility index (Phi) is 8.17. The first kappa shape index (κ1) is 23.1. The number of fused-ring (bicyclic) bond motifs is 1. The highest BCUT2D eigenvalue weighted by atomic mass is 35.5. The minimum absolute atomic E-state index is 0.0801. The molecule has 0 spiro atoms. The number of nitrogens with zero attached hydrogens (tertiary/aromatic N) is 3. The molecule has 1 aromatic heterocycles. The van der Waals surface area contributed by atoms with E-state index < -0.39 is 0 Å². The average molecular weight is 462 g/mol. The molecule has 0 N–H and O–H groups in total. The van der Waals surface area contributed by atoms with E-state index >= 15 is 0 Å². The fourth-order valence-corrected chi connectivity index (χ4v) is 5.28. The average Bonchev–Trinajstić information content (AvgIpc) is 3.20. The second-order valence-corrected chi connectivity index (χ2v) is 9.65. The van der Waals surface area contributed by atoms with Crippen molar-refractivity contribution in [1.82, 2.24) is 9.88 Å². The van der Waals surface area contributed by atoms with Crippen LogP contribution in [-0.4, -0.2) is 47.7 Å². The van der Waals surface area contributed by atoms with Crippen molar-refractivity contribution in [2.45, 2.75) is 32.6 Å². The van der Waals surface area contributed by atoms with Crippen LogP contribution in [0.15, 0.2) is 41.3 Å². The van der Waals surface area contributed by atoms with Crippen molar-refractivity contribution in [1.29, 1.82) is 0 Å². The molecule has 7 heteroatoms. The molecule has 2 aromatic carbocycles. The van der Waals surface area contributed by atoms with Gasteiger partial charge < -0.3 is 4.90 Å². The minimum atomic E-state index is 0.0801. The number of anilines is 1. The Morgan fingerprint density at radius 3 is 2.33 bits per heavy atom. The van der Waals surface area contributed by atoms with Gasteiger partial charge in [-0.05, 0) is 62.3 Å². The maximum Gasteiger partial charge on any atom is 0.239 e. The molecule has 0 bridgehead atoms. The van der Waals surface area contributed by atoms with Gasteiger partial charge >= 0.3 is 0 Å². The first-order valence-corrected chi connectivity index (χ1v) is 12.4. The number of amides is 1. The zero-order valence-electron chi connectivity index (χ0n) is 17.9. The van der Waals surface area contributed by atoms with Crippen LogP contribution in [0.5, 0.6) is 0 Å². The number of thiazole rings is 1. The molecule has 0 aliphatic rings. The van der Waals surface area contributed by atoms with Gasteiger partial charge in [0.05, 0.1) is 16.0 Å². The van der Waals surface area contributed by atoms with Crippen LogP contribution in [0.3, 0.4) is 0 Å². The Balaban J connectivity index is 1.84. The molecule has 0 atom stereocenters. The second-order valence-electron chi connectivity index (χ2n) is 7.19. The molecule has 0 radical (unpaired) electrons. The summed E-state index contributed by atoms with van der Waals surface area (Å²) in [6.07, 6.45) is 0. The van der Waals surface area contributed by atoms with Gasteiger partial charge in [-0.1, -0.05) is 48.9 Å². The normalized spacial score (nSPS) is 11.4. The van der Waals surface area contributed by atoms with Gasteiger partial charge in [-0.2, -0.15) is 0 Å². The maximum absolute atomic E-state index is 13.2. The lowest BCUT2D eigenvalue weighted by Gasteiger charge is -2.24. The molecule has 4 nitrogen and oxygen atoms in total. The van der Waals surface area contributed by atoms with Gasteiger partial charge in [0.15, 0.2) is 5.13 Å². The van der Waals surface area contributed by atoms with Crippen molar-refractivity contribution in [3.05, 3.63) is 52.5 Å². The molecule has 0 saturated carbocycles. The number of hydrogen-bond donors (Lipinski definition) is 0. The molecule has 3 aromatic rings. The Labute approximate surface area is 192 Å². The van der Waals surface area contributed by atoms with Crippen LogP contribution < -0.4 is 4.90 Å². The monoisotopic (exact) mass is 461 g/mol. The smallest absolute Gasteiger partial charge is 0.239 e. The van der Waals surface area contributed by atoms with Crippen LogP contribution >= 0.6 is 34.7 Å². The van der Waals surface area contributed by atoms with Crippen LogP contribution in [-0.2, 0) is 4.79 Å². The number of aryl methyl sites for hydroxylation is 2. The van der Waals surface area contributed by atoms with E-state index in [4.69, 9.17) is 16.6 Å². The number of benzene rings is 2. The highest BCUT2D eigenvalue weighted by Crippen LogP contribution is 2.33. The van der Waals surface area contributed by atoms with Gasteiger partial charge in [-0.25, -0.2) is 4.98 Å². The van der Waals surface area contributed by atoms with Crippen LogP contribution in [0.4, 0.5) is 5.13 Å². The Morgan fingerprint density at radius 2 is 1.70 bits per heavy atom. The van der Waals surface area contributed by atoms with Gasteiger partial charge in [-0.3, -0.25) is 9.69 Å².